The van der Waals surface area contributed by atoms with Crippen LogP contribution in [-0.4, -0.2) is 23.8 Å². The maximum atomic E-state index is 10.2. The highest BCUT2D eigenvalue weighted by atomic mass is 16.5. The molecule has 0 radical (unpaired) electrons. The van der Waals surface area contributed by atoms with Crippen LogP contribution in [0.25, 0.3) is 0 Å². The Bertz CT molecular complexity index is 139. The van der Waals surface area contributed by atoms with Gasteiger partial charge in [-0.15, -0.1) is 0 Å². The van der Waals surface area contributed by atoms with Crippen molar-refractivity contribution in [1.29, 1.82) is 0 Å². The molecule has 50 valence electrons. The van der Waals surface area contributed by atoms with Crippen LogP contribution in [0.2, 0.25) is 0 Å². The summed E-state index contributed by atoms with van der Waals surface area (Å²) in [6, 6.07) is 0. The molecule has 0 bridgehead atoms. The molecule has 1 heterocycles. The van der Waals surface area contributed by atoms with Crippen LogP contribution >= 0.6 is 0 Å². The lowest BCUT2D eigenvalue weighted by molar-refractivity contribution is -0.149. The van der Waals surface area contributed by atoms with Gasteiger partial charge in [0.05, 0.1) is 6.61 Å². The van der Waals surface area contributed by atoms with Gasteiger partial charge in [-0.05, 0) is 0 Å². The maximum Gasteiger partial charge on any atom is 0.333 e. The molecular formula is C6H8O3. The molecule has 0 unspecified atom stereocenters. The number of hydrogen-bond acceptors (Lipinski definition) is 2. The van der Waals surface area contributed by atoms with Crippen LogP contribution in [0, 0.1) is 0 Å². The molecule has 1 aliphatic rings. The van der Waals surface area contributed by atoms with Crippen molar-refractivity contribution in [2.45, 2.75) is 12.5 Å². The van der Waals surface area contributed by atoms with Gasteiger partial charge in [0.25, 0.3) is 0 Å². The Morgan fingerprint density at radius 1 is 1.67 bits per heavy atom. The van der Waals surface area contributed by atoms with E-state index in [-0.39, 0.29) is 0 Å². The van der Waals surface area contributed by atoms with Crippen LogP contribution in [0.1, 0.15) is 6.42 Å². The fourth-order valence-corrected chi connectivity index (χ4v) is 0.700. The van der Waals surface area contributed by atoms with Crippen molar-refractivity contribution < 1.29 is 14.6 Å². The fourth-order valence-electron chi connectivity index (χ4n) is 0.700. The minimum Gasteiger partial charge on any atom is -0.479 e. The average Bonchev–Trinajstić information content (AvgIpc) is 1.90. The van der Waals surface area contributed by atoms with Crippen molar-refractivity contribution in [2.24, 2.45) is 0 Å². The van der Waals surface area contributed by atoms with Crippen LogP contribution in [0.15, 0.2) is 12.2 Å². The highest BCUT2D eigenvalue weighted by Crippen LogP contribution is 2.04. The number of aliphatic carboxylic acids is 1. The van der Waals surface area contributed by atoms with E-state index in [0.717, 1.165) is 0 Å². The summed E-state index contributed by atoms with van der Waals surface area (Å²) in [5, 5.41) is 8.38. The van der Waals surface area contributed by atoms with E-state index < -0.39 is 12.1 Å². The second-order valence-corrected chi connectivity index (χ2v) is 1.87. The molecule has 1 rings (SSSR count). The zero-order valence-electron chi connectivity index (χ0n) is 4.91. The van der Waals surface area contributed by atoms with Gasteiger partial charge >= 0.3 is 5.97 Å². The van der Waals surface area contributed by atoms with E-state index in [0.29, 0.717) is 13.0 Å². The van der Waals surface area contributed by atoms with Gasteiger partial charge in [0, 0.05) is 6.42 Å². The molecule has 1 N–H and O–H groups in total. The van der Waals surface area contributed by atoms with E-state index >= 15 is 0 Å². The Kier molecular flexibility index (Phi) is 1.85. The lowest BCUT2D eigenvalue weighted by Gasteiger charge is -2.12. The number of carbonyl (C=O) groups is 1. The summed E-state index contributed by atoms with van der Waals surface area (Å²) >= 11 is 0. The molecule has 0 aliphatic carbocycles. The first-order chi connectivity index (χ1) is 4.30. The SMILES string of the molecule is O=C(O)[C@H]1CC=CCO1. The first-order valence-corrected chi connectivity index (χ1v) is 2.80. The van der Waals surface area contributed by atoms with Crippen molar-refractivity contribution in [3.8, 4) is 0 Å². The third-order valence-corrected chi connectivity index (χ3v) is 1.19. The Hall–Kier alpha value is -0.830. The molecule has 0 saturated heterocycles. The normalized spacial score (nSPS) is 26.0. The lowest BCUT2D eigenvalue weighted by Crippen LogP contribution is -2.25. The Morgan fingerprint density at radius 2 is 2.44 bits per heavy atom. The van der Waals surface area contributed by atoms with Crippen molar-refractivity contribution in [1.82, 2.24) is 0 Å². The minimum atomic E-state index is -0.876. The molecule has 1 aliphatic heterocycles. The summed E-state index contributed by atoms with van der Waals surface area (Å²) in [6.45, 7) is 0.428. The van der Waals surface area contributed by atoms with Gasteiger partial charge < -0.3 is 9.84 Å². The molecule has 1 atom stereocenters. The minimum absolute atomic E-state index is 0.428. The number of rotatable bonds is 1. The zero-order valence-corrected chi connectivity index (χ0v) is 4.91. The molecule has 0 spiro atoms. The standard InChI is InChI=1S/C6H8O3/c7-6(8)5-3-1-2-4-9-5/h1-2,5H,3-4H2,(H,7,8)/t5-/m1/s1. The Balaban J connectivity index is 2.44. The summed E-state index contributed by atoms with van der Waals surface area (Å²) in [5.74, 6) is -0.876. The summed E-state index contributed by atoms with van der Waals surface area (Å²) in [4.78, 5) is 10.2. The van der Waals surface area contributed by atoms with E-state index in [1.807, 2.05) is 12.2 Å². The van der Waals surface area contributed by atoms with Gasteiger partial charge in [-0.2, -0.15) is 0 Å². The van der Waals surface area contributed by atoms with Gasteiger partial charge in [-0.25, -0.2) is 4.79 Å². The van der Waals surface area contributed by atoms with Gasteiger partial charge in [-0.1, -0.05) is 12.2 Å². The van der Waals surface area contributed by atoms with Crippen molar-refractivity contribution >= 4 is 5.97 Å². The Labute approximate surface area is 52.9 Å². The summed E-state index contributed by atoms with van der Waals surface area (Å²) in [6.07, 6.45) is 3.52. The molecular weight excluding hydrogens is 120 g/mol. The molecule has 0 saturated carbocycles. The second kappa shape index (κ2) is 2.64. The predicted octanol–water partition coefficient (Wildman–Crippen LogP) is 0.416. The van der Waals surface area contributed by atoms with Crippen LogP contribution in [-0.2, 0) is 9.53 Å². The van der Waals surface area contributed by atoms with Crippen LogP contribution in [0.3, 0.4) is 0 Å². The zero-order chi connectivity index (χ0) is 6.69. The van der Waals surface area contributed by atoms with E-state index in [9.17, 15) is 4.79 Å². The monoisotopic (exact) mass is 128 g/mol. The molecule has 9 heavy (non-hydrogen) atoms. The van der Waals surface area contributed by atoms with E-state index in [4.69, 9.17) is 9.84 Å². The third kappa shape index (κ3) is 1.54. The van der Waals surface area contributed by atoms with E-state index in [2.05, 4.69) is 0 Å². The van der Waals surface area contributed by atoms with Crippen LogP contribution in [0.4, 0.5) is 0 Å². The highest BCUT2D eigenvalue weighted by molar-refractivity contribution is 5.72. The van der Waals surface area contributed by atoms with Crippen molar-refractivity contribution in [3.05, 3.63) is 12.2 Å². The first kappa shape index (κ1) is 6.29. The molecule has 0 aromatic rings. The second-order valence-electron chi connectivity index (χ2n) is 1.87. The number of ether oxygens (including phenoxy) is 1. The quantitative estimate of drug-likeness (QED) is 0.520. The lowest BCUT2D eigenvalue weighted by atomic mass is 10.2. The largest absolute Gasteiger partial charge is 0.479 e. The number of hydrogen-bond donors (Lipinski definition) is 1. The topological polar surface area (TPSA) is 46.5 Å². The molecule has 3 heteroatoms. The molecule has 0 fully saturated rings. The average molecular weight is 128 g/mol. The maximum absolute atomic E-state index is 10.2. The Morgan fingerprint density at radius 3 is 2.78 bits per heavy atom. The van der Waals surface area contributed by atoms with Gasteiger partial charge in [0.2, 0.25) is 0 Å². The van der Waals surface area contributed by atoms with Gasteiger partial charge in [0.1, 0.15) is 0 Å². The van der Waals surface area contributed by atoms with Crippen molar-refractivity contribution in [3.63, 3.8) is 0 Å². The fraction of sp³-hybridized carbons (Fsp3) is 0.500. The van der Waals surface area contributed by atoms with Crippen LogP contribution < -0.4 is 0 Å². The van der Waals surface area contributed by atoms with Gasteiger partial charge in [0.15, 0.2) is 6.10 Å². The van der Waals surface area contributed by atoms with E-state index in [1.54, 1.807) is 0 Å². The molecule has 0 aromatic heterocycles. The van der Waals surface area contributed by atoms with Crippen LogP contribution in [0.5, 0.6) is 0 Å². The molecule has 0 amide bonds. The van der Waals surface area contributed by atoms with Crippen molar-refractivity contribution in [2.75, 3.05) is 6.61 Å². The van der Waals surface area contributed by atoms with E-state index in [1.165, 1.54) is 0 Å². The summed E-state index contributed by atoms with van der Waals surface area (Å²) in [7, 11) is 0. The highest BCUT2D eigenvalue weighted by Gasteiger charge is 2.17. The first-order valence-electron chi connectivity index (χ1n) is 2.80. The smallest absolute Gasteiger partial charge is 0.333 e. The summed E-state index contributed by atoms with van der Waals surface area (Å²) < 4.78 is 4.85. The van der Waals surface area contributed by atoms with Gasteiger partial charge in [-0.3, -0.25) is 0 Å². The third-order valence-electron chi connectivity index (χ3n) is 1.19. The summed E-state index contributed by atoms with van der Waals surface area (Å²) in [5.41, 5.74) is 0. The predicted molar refractivity (Wildman–Crippen MR) is 31.1 cm³/mol. The number of carboxylic acids is 1. The molecule has 3 nitrogen and oxygen atoms in total. The molecule has 0 aromatic carbocycles. The number of carboxylic acid groups (broad SMARTS) is 1.